The first-order valence-corrected chi connectivity index (χ1v) is 9.55. The Morgan fingerprint density at radius 3 is 2.36 bits per heavy atom. The summed E-state index contributed by atoms with van der Waals surface area (Å²) in [5.41, 5.74) is 0.393. The summed E-state index contributed by atoms with van der Waals surface area (Å²) in [5.74, 6) is -0.184. The number of hydrogen-bond donors (Lipinski definition) is 0. The van der Waals surface area contributed by atoms with Crippen molar-refractivity contribution >= 4 is 46.4 Å². The SMILES string of the molecule is CCc1ncc(C(=O)N2CCN(C(=O)c3cccc(Cl)c3Cl)CC2)s1. The molecule has 0 saturated carbocycles. The highest BCUT2D eigenvalue weighted by molar-refractivity contribution is 7.13. The molecule has 0 radical (unpaired) electrons. The van der Waals surface area contributed by atoms with Crippen molar-refractivity contribution in [2.75, 3.05) is 26.2 Å². The van der Waals surface area contributed by atoms with Crippen LogP contribution in [-0.2, 0) is 6.42 Å². The minimum atomic E-state index is -0.161. The predicted molar refractivity (Wildman–Crippen MR) is 99.8 cm³/mol. The molecule has 2 heterocycles. The van der Waals surface area contributed by atoms with Crippen LogP contribution in [0.15, 0.2) is 24.4 Å². The van der Waals surface area contributed by atoms with Crippen LogP contribution in [0.25, 0.3) is 0 Å². The van der Waals surface area contributed by atoms with Gasteiger partial charge in [0.05, 0.1) is 26.8 Å². The number of aryl methyl sites for hydroxylation is 1. The highest BCUT2D eigenvalue weighted by Gasteiger charge is 2.27. The van der Waals surface area contributed by atoms with Crippen LogP contribution in [0.2, 0.25) is 10.0 Å². The van der Waals surface area contributed by atoms with Crippen molar-refractivity contribution in [1.82, 2.24) is 14.8 Å². The van der Waals surface area contributed by atoms with E-state index in [1.54, 1.807) is 34.2 Å². The first-order valence-electron chi connectivity index (χ1n) is 7.98. The molecule has 1 aromatic carbocycles. The second-order valence-electron chi connectivity index (χ2n) is 5.66. The van der Waals surface area contributed by atoms with Crippen LogP contribution in [0.3, 0.4) is 0 Å². The number of aromatic nitrogens is 1. The van der Waals surface area contributed by atoms with Gasteiger partial charge in [0.1, 0.15) is 4.88 Å². The third-order valence-corrected chi connectivity index (χ3v) is 6.05. The zero-order valence-corrected chi connectivity index (χ0v) is 16.0. The summed E-state index contributed by atoms with van der Waals surface area (Å²) in [5, 5.41) is 1.58. The lowest BCUT2D eigenvalue weighted by atomic mass is 10.1. The molecule has 1 aliphatic heterocycles. The zero-order chi connectivity index (χ0) is 18.0. The fourth-order valence-electron chi connectivity index (χ4n) is 2.68. The van der Waals surface area contributed by atoms with Crippen molar-refractivity contribution in [2.45, 2.75) is 13.3 Å². The molecule has 0 unspecified atom stereocenters. The summed E-state index contributed by atoms with van der Waals surface area (Å²) in [6.07, 6.45) is 2.45. The quantitative estimate of drug-likeness (QED) is 0.794. The molecule has 1 fully saturated rings. The largest absolute Gasteiger partial charge is 0.335 e. The van der Waals surface area contributed by atoms with Gasteiger partial charge in [0.2, 0.25) is 0 Å². The van der Waals surface area contributed by atoms with Crippen molar-refractivity contribution in [3.05, 3.63) is 49.9 Å². The smallest absolute Gasteiger partial charge is 0.265 e. The maximum atomic E-state index is 12.6. The number of piperazine rings is 1. The normalized spacial score (nSPS) is 14.7. The van der Waals surface area contributed by atoms with Gasteiger partial charge in [-0.15, -0.1) is 11.3 Å². The molecule has 0 spiro atoms. The van der Waals surface area contributed by atoms with E-state index in [2.05, 4.69) is 4.98 Å². The van der Waals surface area contributed by atoms with Crippen LogP contribution in [0.1, 0.15) is 32.0 Å². The molecule has 5 nitrogen and oxygen atoms in total. The lowest BCUT2D eigenvalue weighted by Gasteiger charge is -2.34. The van der Waals surface area contributed by atoms with Gasteiger partial charge in [0.25, 0.3) is 11.8 Å². The van der Waals surface area contributed by atoms with E-state index in [1.165, 1.54) is 11.3 Å². The number of benzene rings is 1. The van der Waals surface area contributed by atoms with E-state index >= 15 is 0 Å². The number of halogens is 2. The minimum Gasteiger partial charge on any atom is -0.335 e. The van der Waals surface area contributed by atoms with E-state index in [0.717, 1.165) is 11.4 Å². The monoisotopic (exact) mass is 397 g/mol. The Balaban J connectivity index is 1.64. The van der Waals surface area contributed by atoms with Crippen molar-refractivity contribution in [3.63, 3.8) is 0 Å². The number of amides is 2. The molecule has 0 aliphatic carbocycles. The standard InChI is InChI=1S/C17H17Cl2N3O2S/c1-2-14-20-10-13(25-14)17(24)22-8-6-21(7-9-22)16(23)11-4-3-5-12(18)15(11)19/h3-5,10H,2,6-9H2,1H3. The number of carbonyl (C=O) groups excluding carboxylic acids is 2. The van der Waals surface area contributed by atoms with Gasteiger partial charge in [0.15, 0.2) is 0 Å². The van der Waals surface area contributed by atoms with Crippen LogP contribution in [-0.4, -0.2) is 52.8 Å². The first kappa shape index (κ1) is 18.2. The van der Waals surface area contributed by atoms with Crippen LogP contribution in [0, 0.1) is 0 Å². The van der Waals surface area contributed by atoms with E-state index in [-0.39, 0.29) is 16.8 Å². The van der Waals surface area contributed by atoms with Crippen LogP contribution in [0.5, 0.6) is 0 Å². The second kappa shape index (κ2) is 7.72. The predicted octanol–water partition coefficient (Wildman–Crippen LogP) is 3.61. The van der Waals surface area contributed by atoms with Gasteiger partial charge in [-0.3, -0.25) is 9.59 Å². The molecule has 25 heavy (non-hydrogen) atoms. The summed E-state index contributed by atoms with van der Waals surface area (Å²) in [6.45, 7) is 3.92. The third kappa shape index (κ3) is 3.81. The topological polar surface area (TPSA) is 53.5 Å². The molecule has 0 bridgehead atoms. The van der Waals surface area contributed by atoms with Gasteiger partial charge < -0.3 is 9.80 Å². The molecule has 3 rings (SSSR count). The fraction of sp³-hybridized carbons (Fsp3) is 0.353. The fourth-order valence-corrected chi connectivity index (χ4v) is 3.89. The van der Waals surface area contributed by atoms with E-state index in [4.69, 9.17) is 23.2 Å². The lowest BCUT2D eigenvalue weighted by molar-refractivity contribution is 0.0538. The van der Waals surface area contributed by atoms with E-state index in [0.29, 0.717) is 41.6 Å². The molecule has 0 atom stereocenters. The average Bonchev–Trinajstić information content (AvgIpc) is 3.12. The van der Waals surface area contributed by atoms with Gasteiger partial charge >= 0.3 is 0 Å². The number of rotatable bonds is 3. The zero-order valence-electron chi connectivity index (χ0n) is 13.7. The summed E-state index contributed by atoms with van der Waals surface area (Å²) < 4.78 is 0. The van der Waals surface area contributed by atoms with Crippen LogP contribution >= 0.6 is 34.5 Å². The molecule has 8 heteroatoms. The molecule has 2 aromatic rings. The van der Waals surface area contributed by atoms with Gasteiger partial charge in [-0.1, -0.05) is 36.2 Å². The average molecular weight is 398 g/mol. The van der Waals surface area contributed by atoms with E-state index in [1.807, 2.05) is 6.92 Å². The van der Waals surface area contributed by atoms with Gasteiger partial charge in [0, 0.05) is 26.2 Å². The van der Waals surface area contributed by atoms with E-state index < -0.39 is 0 Å². The van der Waals surface area contributed by atoms with E-state index in [9.17, 15) is 9.59 Å². The molecule has 1 aliphatic rings. The summed E-state index contributed by atoms with van der Waals surface area (Å²) >= 11 is 13.5. The van der Waals surface area contributed by atoms with Gasteiger partial charge in [-0.25, -0.2) is 4.98 Å². The Kier molecular flexibility index (Phi) is 5.61. The van der Waals surface area contributed by atoms with Gasteiger partial charge in [-0.05, 0) is 18.6 Å². The van der Waals surface area contributed by atoms with Crippen molar-refractivity contribution in [1.29, 1.82) is 0 Å². The Hall–Kier alpha value is -1.63. The second-order valence-corrected chi connectivity index (χ2v) is 7.56. The summed E-state index contributed by atoms with van der Waals surface area (Å²) in [4.78, 5) is 33.5. The third-order valence-electron chi connectivity index (χ3n) is 4.10. The summed E-state index contributed by atoms with van der Waals surface area (Å²) in [6, 6.07) is 5.02. The lowest BCUT2D eigenvalue weighted by Crippen LogP contribution is -2.50. The van der Waals surface area contributed by atoms with Crippen molar-refractivity contribution in [2.24, 2.45) is 0 Å². The maximum Gasteiger partial charge on any atom is 0.265 e. The molecule has 1 aromatic heterocycles. The Morgan fingerprint density at radius 1 is 1.12 bits per heavy atom. The first-order chi connectivity index (χ1) is 12.0. The molecule has 1 saturated heterocycles. The molecular formula is C17H17Cl2N3O2S. The van der Waals surface area contributed by atoms with Crippen molar-refractivity contribution < 1.29 is 9.59 Å². The highest BCUT2D eigenvalue weighted by Crippen LogP contribution is 2.27. The Bertz CT molecular complexity index is 801. The summed E-state index contributed by atoms with van der Waals surface area (Å²) in [7, 11) is 0. The van der Waals surface area contributed by atoms with Crippen LogP contribution in [0.4, 0.5) is 0 Å². The highest BCUT2D eigenvalue weighted by atomic mass is 35.5. The molecule has 132 valence electrons. The maximum absolute atomic E-state index is 12.6. The number of hydrogen-bond acceptors (Lipinski definition) is 4. The van der Waals surface area contributed by atoms with Crippen LogP contribution < -0.4 is 0 Å². The number of thiazole rings is 1. The number of carbonyl (C=O) groups is 2. The van der Waals surface area contributed by atoms with Gasteiger partial charge in [-0.2, -0.15) is 0 Å². The minimum absolute atomic E-state index is 0.0231. The Morgan fingerprint density at radius 2 is 1.76 bits per heavy atom. The van der Waals surface area contributed by atoms with Crippen molar-refractivity contribution in [3.8, 4) is 0 Å². The molecular weight excluding hydrogens is 381 g/mol. The number of nitrogens with zero attached hydrogens (tertiary/aromatic N) is 3. The molecule has 0 N–H and O–H groups in total. The molecule has 2 amide bonds. The Labute approximate surface area is 160 Å².